The number of esters is 1. The Kier molecular flexibility index (Phi) is 5.52. The highest BCUT2D eigenvalue weighted by atomic mass is 32.2. The molecule has 1 N–H and O–H groups in total. The van der Waals surface area contributed by atoms with Crippen molar-refractivity contribution in [3.05, 3.63) is 24.3 Å². The molecule has 0 amide bonds. The van der Waals surface area contributed by atoms with Gasteiger partial charge in [0.05, 0.1) is 19.1 Å². The van der Waals surface area contributed by atoms with Crippen LogP contribution in [0, 0.1) is 5.92 Å². The summed E-state index contributed by atoms with van der Waals surface area (Å²) < 4.78 is 36.5. The molecule has 0 radical (unpaired) electrons. The van der Waals surface area contributed by atoms with E-state index in [2.05, 4.69) is 9.46 Å². The third-order valence-electron chi connectivity index (χ3n) is 2.76. The van der Waals surface area contributed by atoms with Crippen molar-refractivity contribution in [2.45, 2.75) is 24.8 Å². The topological polar surface area (TPSA) is 81.7 Å². The minimum Gasteiger partial charge on any atom is -0.497 e. The van der Waals surface area contributed by atoms with Crippen LogP contribution in [0.25, 0.3) is 0 Å². The van der Waals surface area contributed by atoms with E-state index >= 15 is 0 Å². The molecule has 0 saturated carbocycles. The summed E-state index contributed by atoms with van der Waals surface area (Å²) >= 11 is 0. The molecule has 1 unspecified atom stereocenters. The largest absolute Gasteiger partial charge is 0.497 e. The Hall–Kier alpha value is -1.60. The van der Waals surface area contributed by atoms with Crippen molar-refractivity contribution in [1.29, 1.82) is 0 Å². The second-order valence-electron chi connectivity index (χ2n) is 4.55. The van der Waals surface area contributed by atoms with E-state index in [0.29, 0.717) is 5.75 Å². The Balaban J connectivity index is 3.06. The van der Waals surface area contributed by atoms with Crippen LogP contribution in [0.2, 0.25) is 0 Å². The zero-order chi connectivity index (χ0) is 15.3. The van der Waals surface area contributed by atoms with Crippen LogP contribution in [-0.2, 0) is 19.6 Å². The van der Waals surface area contributed by atoms with Crippen LogP contribution >= 0.6 is 0 Å². The minimum atomic E-state index is -3.82. The Morgan fingerprint density at radius 2 is 1.90 bits per heavy atom. The van der Waals surface area contributed by atoms with Gasteiger partial charge in [0.1, 0.15) is 11.8 Å². The molecule has 0 bridgehead atoms. The van der Waals surface area contributed by atoms with Crippen LogP contribution in [0.3, 0.4) is 0 Å². The first-order chi connectivity index (χ1) is 9.31. The monoisotopic (exact) mass is 301 g/mol. The van der Waals surface area contributed by atoms with Gasteiger partial charge in [-0.25, -0.2) is 8.42 Å². The minimum absolute atomic E-state index is 0.0337. The van der Waals surface area contributed by atoms with Gasteiger partial charge in [0.2, 0.25) is 10.0 Å². The van der Waals surface area contributed by atoms with Crippen molar-refractivity contribution in [3.8, 4) is 5.75 Å². The molecule has 1 rings (SSSR count). The second kappa shape index (κ2) is 6.71. The Morgan fingerprint density at radius 3 is 2.40 bits per heavy atom. The lowest BCUT2D eigenvalue weighted by molar-refractivity contribution is -0.143. The number of hydrogen-bond donors (Lipinski definition) is 1. The lowest BCUT2D eigenvalue weighted by Crippen LogP contribution is -2.44. The molecule has 0 saturated heterocycles. The summed E-state index contributed by atoms with van der Waals surface area (Å²) in [6, 6.07) is 5.09. The molecule has 1 aromatic rings. The fraction of sp³-hybridized carbons (Fsp3) is 0.462. The van der Waals surface area contributed by atoms with Crippen LogP contribution in [0.5, 0.6) is 5.75 Å². The van der Waals surface area contributed by atoms with E-state index < -0.39 is 22.0 Å². The standard InChI is InChI=1S/C13H19NO5S/c1-9(2)12(13(15)19-4)14-20(16,17)11-7-5-6-10(8-11)18-3/h5-9,12,14H,1-4H3. The summed E-state index contributed by atoms with van der Waals surface area (Å²) in [4.78, 5) is 11.6. The zero-order valence-electron chi connectivity index (χ0n) is 11.9. The van der Waals surface area contributed by atoms with Crippen LogP contribution < -0.4 is 9.46 Å². The molecule has 1 aromatic carbocycles. The summed E-state index contributed by atoms with van der Waals surface area (Å²) in [5.41, 5.74) is 0. The number of hydrogen-bond acceptors (Lipinski definition) is 5. The molecular weight excluding hydrogens is 282 g/mol. The third-order valence-corrected chi connectivity index (χ3v) is 4.19. The van der Waals surface area contributed by atoms with Crippen molar-refractivity contribution in [3.63, 3.8) is 0 Å². The summed E-state index contributed by atoms with van der Waals surface area (Å²) in [7, 11) is -1.15. The Bertz CT molecular complexity index is 568. The van der Waals surface area contributed by atoms with Crippen molar-refractivity contribution < 1.29 is 22.7 Å². The van der Waals surface area contributed by atoms with E-state index in [1.807, 2.05) is 0 Å². The van der Waals surface area contributed by atoms with Crippen LogP contribution in [0.4, 0.5) is 0 Å². The zero-order valence-corrected chi connectivity index (χ0v) is 12.7. The molecule has 0 aliphatic rings. The number of carbonyl (C=O) groups is 1. The number of carbonyl (C=O) groups excluding carboxylic acids is 1. The Morgan fingerprint density at radius 1 is 1.25 bits per heavy atom. The highest BCUT2D eigenvalue weighted by Crippen LogP contribution is 2.18. The highest BCUT2D eigenvalue weighted by molar-refractivity contribution is 7.89. The van der Waals surface area contributed by atoms with E-state index in [0.717, 1.165) is 0 Å². The van der Waals surface area contributed by atoms with Gasteiger partial charge in [-0.1, -0.05) is 19.9 Å². The van der Waals surface area contributed by atoms with Crippen molar-refractivity contribution in [2.24, 2.45) is 5.92 Å². The van der Waals surface area contributed by atoms with Crippen molar-refractivity contribution in [1.82, 2.24) is 4.72 Å². The average molecular weight is 301 g/mol. The molecule has 0 aliphatic carbocycles. The predicted octanol–water partition coefficient (Wildman–Crippen LogP) is 1.17. The molecule has 0 fully saturated rings. The highest BCUT2D eigenvalue weighted by Gasteiger charge is 2.29. The predicted molar refractivity (Wildman–Crippen MR) is 74.0 cm³/mol. The molecule has 0 aromatic heterocycles. The molecule has 7 heteroatoms. The SMILES string of the molecule is COC(=O)C(NS(=O)(=O)c1cccc(OC)c1)C(C)C. The van der Waals surface area contributed by atoms with Crippen molar-refractivity contribution in [2.75, 3.05) is 14.2 Å². The number of methoxy groups -OCH3 is 2. The van der Waals surface area contributed by atoms with Gasteiger partial charge >= 0.3 is 5.97 Å². The number of ether oxygens (including phenoxy) is 2. The van der Waals surface area contributed by atoms with Gasteiger partial charge in [0.25, 0.3) is 0 Å². The maximum Gasteiger partial charge on any atom is 0.324 e. The summed E-state index contributed by atoms with van der Waals surface area (Å²) in [6.07, 6.45) is 0. The summed E-state index contributed by atoms with van der Waals surface area (Å²) in [6.45, 7) is 3.46. The molecule has 0 aliphatic heterocycles. The van der Waals surface area contributed by atoms with Crippen LogP contribution in [0.1, 0.15) is 13.8 Å². The van der Waals surface area contributed by atoms with Crippen LogP contribution in [0.15, 0.2) is 29.2 Å². The van der Waals surface area contributed by atoms with Gasteiger partial charge in [0.15, 0.2) is 0 Å². The molecule has 0 heterocycles. The maximum absolute atomic E-state index is 12.3. The molecule has 6 nitrogen and oxygen atoms in total. The van der Waals surface area contributed by atoms with Crippen molar-refractivity contribution >= 4 is 16.0 Å². The molecule has 20 heavy (non-hydrogen) atoms. The van der Waals surface area contributed by atoms with Gasteiger partial charge in [-0.05, 0) is 18.1 Å². The number of nitrogens with one attached hydrogen (secondary N) is 1. The first-order valence-electron chi connectivity index (χ1n) is 6.06. The quantitative estimate of drug-likeness (QED) is 0.798. The maximum atomic E-state index is 12.3. The molecular formula is C13H19NO5S. The van der Waals surface area contributed by atoms with E-state index in [1.165, 1.54) is 26.4 Å². The molecule has 0 spiro atoms. The van der Waals surface area contributed by atoms with E-state index in [9.17, 15) is 13.2 Å². The second-order valence-corrected chi connectivity index (χ2v) is 6.26. The number of rotatable bonds is 6. The van der Waals surface area contributed by atoms with E-state index in [1.54, 1.807) is 26.0 Å². The smallest absolute Gasteiger partial charge is 0.324 e. The first kappa shape index (κ1) is 16.5. The third kappa shape index (κ3) is 3.94. The fourth-order valence-corrected chi connectivity index (χ4v) is 2.95. The van der Waals surface area contributed by atoms with Gasteiger partial charge in [0, 0.05) is 6.07 Å². The van der Waals surface area contributed by atoms with E-state index in [4.69, 9.17) is 4.74 Å². The van der Waals surface area contributed by atoms with Gasteiger partial charge < -0.3 is 9.47 Å². The fourth-order valence-electron chi connectivity index (χ4n) is 1.59. The lowest BCUT2D eigenvalue weighted by atomic mass is 10.1. The molecule has 112 valence electrons. The number of benzene rings is 1. The van der Waals surface area contributed by atoms with Gasteiger partial charge in [-0.2, -0.15) is 4.72 Å². The lowest BCUT2D eigenvalue weighted by Gasteiger charge is -2.19. The van der Waals surface area contributed by atoms with Crippen LogP contribution in [-0.4, -0.2) is 34.6 Å². The molecule has 1 atom stereocenters. The number of sulfonamides is 1. The average Bonchev–Trinajstić information content (AvgIpc) is 2.43. The first-order valence-corrected chi connectivity index (χ1v) is 7.54. The summed E-state index contributed by atoms with van der Waals surface area (Å²) in [5, 5.41) is 0. The van der Waals surface area contributed by atoms with E-state index in [-0.39, 0.29) is 10.8 Å². The normalized spacial score (nSPS) is 13.1. The van der Waals surface area contributed by atoms with Gasteiger partial charge in [-0.15, -0.1) is 0 Å². The Labute approximate surface area is 119 Å². The summed E-state index contributed by atoms with van der Waals surface area (Å²) in [5.74, 6) is -0.429. The van der Waals surface area contributed by atoms with Gasteiger partial charge in [-0.3, -0.25) is 4.79 Å².